The molecule has 112 valence electrons. The van der Waals surface area contributed by atoms with Crippen LogP contribution >= 0.6 is 11.6 Å². The van der Waals surface area contributed by atoms with E-state index in [2.05, 4.69) is 30.0 Å². The number of nitrogens with two attached hydrogens (primary N) is 1. The smallest absolute Gasteiger partial charge is 0.0459 e. The fourth-order valence-electron chi connectivity index (χ4n) is 3.05. The Morgan fingerprint density at radius 3 is 2.90 bits per heavy atom. The molecule has 0 saturated carbocycles. The quantitative estimate of drug-likeness (QED) is 0.927. The summed E-state index contributed by atoms with van der Waals surface area (Å²) in [7, 11) is 4.38. The lowest BCUT2D eigenvalue weighted by atomic mass is 10.0. The largest absolute Gasteiger partial charge is 0.370 e. The monoisotopic (exact) mass is 295 g/mol. The molecule has 1 aliphatic rings. The molecule has 0 spiro atoms. The van der Waals surface area contributed by atoms with Crippen molar-refractivity contribution < 1.29 is 0 Å². The van der Waals surface area contributed by atoms with E-state index in [0.29, 0.717) is 6.04 Å². The molecule has 1 aromatic rings. The third-order valence-corrected chi connectivity index (χ3v) is 4.50. The minimum absolute atomic E-state index is 0.121. The Morgan fingerprint density at radius 2 is 2.25 bits per heavy atom. The van der Waals surface area contributed by atoms with Crippen molar-refractivity contribution in [3.05, 3.63) is 28.8 Å². The number of halogens is 1. The van der Waals surface area contributed by atoms with Gasteiger partial charge in [-0.25, -0.2) is 0 Å². The lowest BCUT2D eigenvalue weighted by molar-refractivity contribution is 0.248. The molecule has 3 nitrogen and oxygen atoms in total. The highest BCUT2D eigenvalue weighted by atomic mass is 35.5. The summed E-state index contributed by atoms with van der Waals surface area (Å²) in [6.45, 7) is 4.34. The summed E-state index contributed by atoms with van der Waals surface area (Å²) < 4.78 is 0. The van der Waals surface area contributed by atoms with Crippen LogP contribution in [0.25, 0.3) is 0 Å². The van der Waals surface area contributed by atoms with Crippen LogP contribution in [0.5, 0.6) is 0 Å². The molecule has 0 radical (unpaired) electrons. The standard InChI is InChI=1S/C16H26ClN3/c1-12(18)10-14-15(17)7-4-8-16(14)20(3)13-6-5-9-19(2)11-13/h4,7-8,12-13H,5-6,9-11,18H2,1-3H3. The number of rotatable bonds is 4. The van der Waals surface area contributed by atoms with Crippen molar-refractivity contribution in [3.63, 3.8) is 0 Å². The van der Waals surface area contributed by atoms with E-state index in [1.54, 1.807) is 0 Å². The Morgan fingerprint density at radius 1 is 1.50 bits per heavy atom. The second kappa shape index (κ2) is 6.79. The summed E-state index contributed by atoms with van der Waals surface area (Å²) in [6.07, 6.45) is 3.32. The highest BCUT2D eigenvalue weighted by Gasteiger charge is 2.23. The molecule has 4 heteroatoms. The number of benzene rings is 1. The van der Waals surface area contributed by atoms with Gasteiger partial charge in [-0.1, -0.05) is 17.7 Å². The number of hydrogen-bond acceptors (Lipinski definition) is 3. The van der Waals surface area contributed by atoms with E-state index in [4.69, 9.17) is 17.3 Å². The molecule has 20 heavy (non-hydrogen) atoms. The minimum atomic E-state index is 0.121. The Bertz CT molecular complexity index is 447. The molecule has 0 aromatic heterocycles. The van der Waals surface area contributed by atoms with Gasteiger partial charge in [0.1, 0.15) is 0 Å². The lowest BCUT2D eigenvalue weighted by Crippen LogP contribution is -2.45. The summed E-state index contributed by atoms with van der Waals surface area (Å²) >= 11 is 6.39. The maximum Gasteiger partial charge on any atom is 0.0459 e. The Kier molecular flexibility index (Phi) is 5.30. The molecule has 0 amide bonds. The van der Waals surface area contributed by atoms with Crippen LogP contribution < -0.4 is 10.6 Å². The van der Waals surface area contributed by atoms with E-state index < -0.39 is 0 Å². The molecule has 2 rings (SSSR count). The molecule has 2 N–H and O–H groups in total. The van der Waals surface area contributed by atoms with Crippen molar-refractivity contribution in [2.45, 2.75) is 38.3 Å². The van der Waals surface area contributed by atoms with E-state index in [0.717, 1.165) is 18.0 Å². The Labute approximate surface area is 127 Å². The molecule has 0 bridgehead atoms. The van der Waals surface area contributed by atoms with Crippen LogP contribution in [-0.4, -0.2) is 44.2 Å². The molecule has 2 unspecified atom stereocenters. The number of piperidine rings is 1. The molecule has 2 atom stereocenters. The predicted octanol–water partition coefficient (Wildman–Crippen LogP) is 2.76. The van der Waals surface area contributed by atoms with Gasteiger partial charge in [0.25, 0.3) is 0 Å². The van der Waals surface area contributed by atoms with Crippen molar-refractivity contribution >= 4 is 17.3 Å². The molecule has 0 aliphatic carbocycles. The number of anilines is 1. The van der Waals surface area contributed by atoms with Gasteiger partial charge < -0.3 is 15.5 Å². The van der Waals surface area contributed by atoms with Crippen LogP contribution in [0, 0.1) is 0 Å². The van der Waals surface area contributed by atoms with Gasteiger partial charge in [-0.2, -0.15) is 0 Å². The fourth-order valence-corrected chi connectivity index (χ4v) is 3.30. The number of nitrogens with zero attached hydrogens (tertiary/aromatic N) is 2. The first-order chi connectivity index (χ1) is 9.49. The Balaban J connectivity index is 2.24. The first kappa shape index (κ1) is 15.6. The topological polar surface area (TPSA) is 32.5 Å². The van der Waals surface area contributed by atoms with Crippen LogP contribution in [0.15, 0.2) is 18.2 Å². The third kappa shape index (κ3) is 3.66. The highest BCUT2D eigenvalue weighted by Crippen LogP contribution is 2.30. The predicted molar refractivity (Wildman–Crippen MR) is 87.7 cm³/mol. The van der Waals surface area contributed by atoms with Gasteiger partial charge >= 0.3 is 0 Å². The second-order valence-electron chi connectivity index (χ2n) is 6.09. The number of likely N-dealkylation sites (N-methyl/N-ethyl adjacent to an activating group) is 2. The average molecular weight is 296 g/mol. The SMILES string of the molecule is CC(N)Cc1c(Cl)cccc1N(C)C1CCCN(C)C1. The summed E-state index contributed by atoms with van der Waals surface area (Å²) in [5, 5.41) is 0.829. The van der Waals surface area contributed by atoms with E-state index in [1.165, 1.54) is 30.6 Å². The minimum Gasteiger partial charge on any atom is -0.370 e. The molecular formula is C16H26ClN3. The average Bonchev–Trinajstić information content (AvgIpc) is 2.40. The maximum atomic E-state index is 6.39. The van der Waals surface area contributed by atoms with Crippen molar-refractivity contribution in [2.75, 3.05) is 32.1 Å². The van der Waals surface area contributed by atoms with Crippen LogP contribution in [0.2, 0.25) is 5.02 Å². The first-order valence-electron chi connectivity index (χ1n) is 7.43. The molecular weight excluding hydrogens is 270 g/mol. The summed E-state index contributed by atoms with van der Waals surface area (Å²) in [5.41, 5.74) is 8.39. The van der Waals surface area contributed by atoms with E-state index >= 15 is 0 Å². The van der Waals surface area contributed by atoms with Gasteiger partial charge in [0.2, 0.25) is 0 Å². The Hall–Kier alpha value is -0.770. The zero-order chi connectivity index (χ0) is 14.7. The van der Waals surface area contributed by atoms with Crippen molar-refractivity contribution in [1.29, 1.82) is 0 Å². The molecule has 1 saturated heterocycles. The fraction of sp³-hybridized carbons (Fsp3) is 0.625. The van der Waals surface area contributed by atoms with E-state index in [9.17, 15) is 0 Å². The zero-order valence-corrected chi connectivity index (χ0v) is 13.5. The van der Waals surface area contributed by atoms with Crippen LogP contribution in [0.3, 0.4) is 0 Å². The maximum absolute atomic E-state index is 6.39. The van der Waals surface area contributed by atoms with Gasteiger partial charge in [0.05, 0.1) is 0 Å². The summed E-state index contributed by atoms with van der Waals surface area (Å²) in [4.78, 5) is 4.79. The summed E-state index contributed by atoms with van der Waals surface area (Å²) in [5.74, 6) is 0. The van der Waals surface area contributed by atoms with Gasteiger partial charge in [-0.3, -0.25) is 0 Å². The second-order valence-corrected chi connectivity index (χ2v) is 6.50. The van der Waals surface area contributed by atoms with E-state index in [-0.39, 0.29) is 6.04 Å². The van der Waals surface area contributed by atoms with Crippen molar-refractivity contribution in [2.24, 2.45) is 5.73 Å². The number of likely N-dealkylation sites (tertiary alicyclic amines) is 1. The van der Waals surface area contributed by atoms with E-state index in [1.807, 2.05) is 19.1 Å². The molecule has 1 aliphatic heterocycles. The zero-order valence-electron chi connectivity index (χ0n) is 12.8. The van der Waals surface area contributed by atoms with Crippen LogP contribution in [0.4, 0.5) is 5.69 Å². The molecule has 1 heterocycles. The van der Waals surface area contributed by atoms with Crippen LogP contribution in [0.1, 0.15) is 25.3 Å². The number of hydrogen-bond donors (Lipinski definition) is 1. The van der Waals surface area contributed by atoms with Gasteiger partial charge in [-0.05, 0) is 57.5 Å². The molecule has 1 fully saturated rings. The van der Waals surface area contributed by atoms with Gasteiger partial charge in [-0.15, -0.1) is 0 Å². The first-order valence-corrected chi connectivity index (χ1v) is 7.81. The van der Waals surface area contributed by atoms with Crippen LogP contribution in [-0.2, 0) is 6.42 Å². The highest BCUT2D eigenvalue weighted by molar-refractivity contribution is 6.31. The van der Waals surface area contributed by atoms with Gasteiger partial charge in [0, 0.05) is 36.4 Å². The van der Waals surface area contributed by atoms with Gasteiger partial charge in [0.15, 0.2) is 0 Å². The summed E-state index contributed by atoms with van der Waals surface area (Å²) in [6, 6.07) is 6.84. The van der Waals surface area contributed by atoms with Crippen molar-refractivity contribution in [1.82, 2.24) is 4.90 Å². The lowest BCUT2D eigenvalue weighted by Gasteiger charge is -2.38. The normalized spacial score (nSPS) is 21.8. The third-order valence-electron chi connectivity index (χ3n) is 4.15. The van der Waals surface area contributed by atoms with Crippen molar-refractivity contribution in [3.8, 4) is 0 Å². The molecule has 1 aromatic carbocycles.